The Morgan fingerprint density at radius 2 is 2.45 bits per heavy atom. The van der Waals surface area contributed by atoms with E-state index in [1.165, 1.54) is 4.90 Å². The molecule has 1 aliphatic rings. The number of nitrogens with two attached hydrogens (primary N) is 1. The molecule has 1 atom stereocenters. The van der Waals surface area contributed by atoms with E-state index in [2.05, 4.69) is 0 Å². The first-order valence-corrected chi connectivity index (χ1v) is 3.60. The predicted octanol–water partition coefficient (Wildman–Crippen LogP) is 0.254. The Kier molecular flexibility index (Phi) is 2.48. The highest BCUT2D eigenvalue weighted by molar-refractivity contribution is 5.65. The fourth-order valence-electron chi connectivity index (χ4n) is 1.08. The number of hydrogen-bond donors (Lipinski definition) is 2. The molecule has 0 saturated carbocycles. The van der Waals surface area contributed by atoms with Gasteiger partial charge in [-0.1, -0.05) is 12.2 Å². The molecule has 4 nitrogen and oxygen atoms in total. The molecule has 11 heavy (non-hydrogen) atoms. The van der Waals surface area contributed by atoms with Crippen LogP contribution in [0.4, 0.5) is 4.79 Å². The quantitative estimate of drug-likeness (QED) is 0.494. The van der Waals surface area contributed by atoms with E-state index in [0.717, 1.165) is 6.42 Å². The molecule has 1 rings (SSSR count). The van der Waals surface area contributed by atoms with Crippen LogP contribution in [0.1, 0.15) is 6.42 Å². The van der Waals surface area contributed by atoms with Crippen molar-refractivity contribution in [3.8, 4) is 0 Å². The molecule has 0 radical (unpaired) electrons. The zero-order chi connectivity index (χ0) is 8.27. The lowest BCUT2D eigenvalue weighted by Crippen LogP contribution is -2.38. The highest BCUT2D eigenvalue weighted by Gasteiger charge is 2.15. The zero-order valence-corrected chi connectivity index (χ0v) is 6.23. The van der Waals surface area contributed by atoms with Crippen LogP contribution in [0, 0.1) is 0 Å². The van der Waals surface area contributed by atoms with Gasteiger partial charge in [-0.05, 0) is 6.42 Å². The van der Waals surface area contributed by atoms with Crippen LogP contribution >= 0.6 is 0 Å². The summed E-state index contributed by atoms with van der Waals surface area (Å²) < 4.78 is 0. The molecule has 3 N–H and O–H groups in total. The fraction of sp³-hybridized carbons (Fsp3) is 0.571. The largest absolute Gasteiger partial charge is 0.465 e. The van der Waals surface area contributed by atoms with Crippen LogP contribution in [0.15, 0.2) is 12.2 Å². The summed E-state index contributed by atoms with van der Waals surface area (Å²) >= 11 is 0. The van der Waals surface area contributed by atoms with Crippen molar-refractivity contribution in [3.63, 3.8) is 0 Å². The van der Waals surface area contributed by atoms with Crippen molar-refractivity contribution in [3.05, 3.63) is 12.2 Å². The van der Waals surface area contributed by atoms with Crippen molar-refractivity contribution in [1.29, 1.82) is 0 Å². The van der Waals surface area contributed by atoms with Crippen LogP contribution in [0.3, 0.4) is 0 Å². The van der Waals surface area contributed by atoms with Crippen LogP contribution < -0.4 is 5.73 Å². The van der Waals surface area contributed by atoms with Gasteiger partial charge in [-0.3, -0.25) is 0 Å². The van der Waals surface area contributed by atoms with Gasteiger partial charge in [0.25, 0.3) is 0 Å². The van der Waals surface area contributed by atoms with E-state index in [1.54, 1.807) is 0 Å². The third kappa shape index (κ3) is 2.23. The Bertz CT molecular complexity index is 179. The summed E-state index contributed by atoms with van der Waals surface area (Å²) in [6, 6.07) is -0.145. The summed E-state index contributed by atoms with van der Waals surface area (Å²) in [5.41, 5.74) is 5.57. The molecular weight excluding hydrogens is 144 g/mol. The minimum Gasteiger partial charge on any atom is -0.465 e. The number of nitrogens with zero attached hydrogens (tertiary/aromatic N) is 1. The van der Waals surface area contributed by atoms with E-state index in [1.807, 2.05) is 12.2 Å². The Hall–Kier alpha value is -1.03. The number of amides is 1. The smallest absolute Gasteiger partial charge is 0.407 e. The molecule has 1 amide bonds. The summed E-state index contributed by atoms with van der Waals surface area (Å²) in [4.78, 5) is 11.8. The van der Waals surface area contributed by atoms with Gasteiger partial charge in [0, 0.05) is 19.1 Å². The lowest BCUT2D eigenvalue weighted by Gasteiger charge is -2.18. The zero-order valence-electron chi connectivity index (χ0n) is 6.23. The molecule has 0 aromatic rings. The van der Waals surface area contributed by atoms with Crippen LogP contribution in [0.25, 0.3) is 0 Å². The molecule has 0 aliphatic carbocycles. The fourth-order valence-corrected chi connectivity index (χ4v) is 1.08. The van der Waals surface area contributed by atoms with Gasteiger partial charge in [0.15, 0.2) is 0 Å². The van der Waals surface area contributed by atoms with E-state index in [9.17, 15) is 4.79 Å². The summed E-state index contributed by atoms with van der Waals surface area (Å²) in [6.45, 7) is 0.964. The van der Waals surface area contributed by atoms with Crippen molar-refractivity contribution < 1.29 is 9.90 Å². The summed E-state index contributed by atoms with van der Waals surface area (Å²) in [6.07, 6.45) is 3.65. The second kappa shape index (κ2) is 3.39. The third-order valence-corrected chi connectivity index (χ3v) is 1.65. The molecule has 0 spiro atoms. The van der Waals surface area contributed by atoms with Crippen molar-refractivity contribution in [2.24, 2.45) is 5.73 Å². The van der Waals surface area contributed by atoms with Crippen LogP contribution in [-0.2, 0) is 0 Å². The molecule has 0 bridgehead atoms. The van der Waals surface area contributed by atoms with Gasteiger partial charge in [-0.25, -0.2) is 4.79 Å². The minimum atomic E-state index is -0.885. The molecule has 0 fully saturated rings. The summed E-state index contributed by atoms with van der Waals surface area (Å²) in [5, 5.41) is 8.62. The highest BCUT2D eigenvalue weighted by atomic mass is 16.4. The lowest BCUT2D eigenvalue weighted by atomic mass is 10.3. The number of hydrogen-bond acceptors (Lipinski definition) is 2. The van der Waals surface area contributed by atoms with E-state index in [0.29, 0.717) is 13.1 Å². The van der Waals surface area contributed by atoms with Crippen LogP contribution in [-0.4, -0.2) is 35.2 Å². The Labute approximate surface area is 65.3 Å². The van der Waals surface area contributed by atoms with Crippen molar-refractivity contribution in [1.82, 2.24) is 4.90 Å². The lowest BCUT2D eigenvalue weighted by molar-refractivity contribution is 0.146. The molecule has 0 aromatic heterocycles. The minimum absolute atomic E-state index is 0.145. The first kappa shape index (κ1) is 8.07. The molecule has 4 heteroatoms. The Morgan fingerprint density at radius 3 is 3.09 bits per heavy atom. The van der Waals surface area contributed by atoms with Gasteiger partial charge in [-0.15, -0.1) is 0 Å². The second-order valence-corrected chi connectivity index (χ2v) is 2.61. The number of rotatable bonds is 0. The molecule has 1 heterocycles. The SMILES string of the molecule is N[C@H]1C=CCCN(C(=O)O)C1. The number of carbonyl (C=O) groups is 1. The average molecular weight is 156 g/mol. The topological polar surface area (TPSA) is 66.6 Å². The van der Waals surface area contributed by atoms with Gasteiger partial charge >= 0.3 is 6.09 Å². The second-order valence-electron chi connectivity index (χ2n) is 2.61. The maximum absolute atomic E-state index is 10.5. The van der Waals surface area contributed by atoms with E-state index in [-0.39, 0.29) is 6.04 Å². The summed E-state index contributed by atoms with van der Waals surface area (Å²) in [7, 11) is 0. The van der Waals surface area contributed by atoms with E-state index in [4.69, 9.17) is 10.8 Å². The number of carboxylic acid groups (broad SMARTS) is 1. The highest BCUT2D eigenvalue weighted by Crippen LogP contribution is 2.01. The normalized spacial score (nSPS) is 24.8. The average Bonchev–Trinajstić information content (AvgIpc) is 2.13. The predicted molar refractivity (Wildman–Crippen MR) is 41.3 cm³/mol. The maximum atomic E-state index is 10.5. The van der Waals surface area contributed by atoms with Crippen molar-refractivity contribution in [2.75, 3.05) is 13.1 Å². The Morgan fingerprint density at radius 1 is 1.73 bits per heavy atom. The van der Waals surface area contributed by atoms with Gasteiger partial charge in [-0.2, -0.15) is 0 Å². The molecule has 62 valence electrons. The molecule has 1 aliphatic heterocycles. The third-order valence-electron chi connectivity index (χ3n) is 1.65. The molecule has 0 saturated heterocycles. The Balaban J connectivity index is 2.52. The van der Waals surface area contributed by atoms with Crippen LogP contribution in [0.2, 0.25) is 0 Å². The van der Waals surface area contributed by atoms with E-state index >= 15 is 0 Å². The molecule has 0 unspecified atom stereocenters. The van der Waals surface area contributed by atoms with E-state index < -0.39 is 6.09 Å². The van der Waals surface area contributed by atoms with Crippen LogP contribution in [0.5, 0.6) is 0 Å². The van der Waals surface area contributed by atoms with Crippen molar-refractivity contribution >= 4 is 6.09 Å². The van der Waals surface area contributed by atoms with Crippen molar-refractivity contribution in [2.45, 2.75) is 12.5 Å². The molecular formula is C7H12N2O2. The monoisotopic (exact) mass is 156 g/mol. The first-order chi connectivity index (χ1) is 5.20. The van der Waals surface area contributed by atoms with Gasteiger partial charge < -0.3 is 15.7 Å². The van der Waals surface area contributed by atoms with Gasteiger partial charge in [0.2, 0.25) is 0 Å². The van der Waals surface area contributed by atoms with Gasteiger partial charge in [0.05, 0.1) is 0 Å². The maximum Gasteiger partial charge on any atom is 0.407 e. The van der Waals surface area contributed by atoms with Gasteiger partial charge in [0.1, 0.15) is 0 Å². The summed E-state index contributed by atoms with van der Waals surface area (Å²) in [5.74, 6) is 0. The standard InChI is InChI=1S/C7H12N2O2/c8-6-3-1-2-4-9(5-6)7(10)11/h1,3,6H,2,4-5,8H2,(H,10,11)/t6-/m0/s1. The molecule has 0 aromatic carbocycles. The first-order valence-electron chi connectivity index (χ1n) is 3.60.